The van der Waals surface area contributed by atoms with E-state index in [1.54, 1.807) is 0 Å². The Morgan fingerprint density at radius 2 is 1.81 bits per heavy atom. The minimum absolute atomic E-state index is 0.0861. The van der Waals surface area contributed by atoms with Crippen molar-refractivity contribution in [2.45, 2.75) is 25.8 Å². The number of nitro groups is 1. The SMILES string of the molecule is CC(C)c1ccc(C(NC(=O)c2ccc([N+](=O)[O-])o2)c2cccs2)cc1. The lowest BCUT2D eigenvalue weighted by atomic mass is 9.98. The van der Waals surface area contributed by atoms with Crippen molar-refractivity contribution in [1.82, 2.24) is 5.32 Å². The molecule has 3 aromatic rings. The second kappa shape index (κ2) is 7.53. The fourth-order valence-electron chi connectivity index (χ4n) is 2.60. The number of benzene rings is 1. The van der Waals surface area contributed by atoms with E-state index < -0.39 is 16.7 Å². The van der Waals surface area contributed by atoms with Gasteiger partial charge in [-0.25, -0.2) is 0 Å². The zero-order chi connectivity index (χ0) is 18.7. The Kier molecular flexibility index (Phi) is 5.18. The molecule has 0 spiro atoms. The summed E-state index contributed by atoms with van der Waals surface area (Å²) in [5.41, 5.74) is 2.15. The van der Waals surface area contributed by atoms with Crippen molar-refractivity contribution >= 4 is 23.1 Å². The first-order chi connectivity index (χ1) is 12.5. The Balaban J connectivity index is 1.87. The lowest BCUT2D eigenvalue weighted by molar-refractivity contribution is -0.402. The molecule has 26 heavy (non-hydrogen) atoms. The Hall–Kier alpha value is -2.93. The molecule has 134 valence electrons. The lowest BCUT2D eigenvalue weighted by Gasteiger charge is -2.18. The molecule has 0 saturated heterocycles. The van der Waals surface area contributed by atoms with Gasteiger partial charge >= 0.3 is 5.88 Å². The standard InChI is InChI=1S/C19H18N2O4S/c1-12(2)13-5-7-14(8-6-13)18(16-4-3-11-26-16)20-19(22)15-9-10-17(25-15)21(23)24/h3-12,18H,1-2H3,(H,20,22). The van der Waals surface area contributed by atoms with Gasteiger partial charge in [-0.15, -0.1) is 11.3 Å². The van der Waals surface area contributed by atoms with Gasteiger partial charge in [-0.1, -0.05) is 44.2 Å². The largest absolute Gasteiger partial charge is 0.433 e. The van der Waals surface area contributed by atoms with Gasteiger partial charge in [-0.3, -0.25) is 14.9 Å². The van der Waals surface area contributed by atoms with E-state index in [-0.39, 0.29) is 11.8 Å². The summed E-state index contributed by atoms with van der Waals surface area (Å²) in [6.07, 6.45) is 0. The Morgan fingerprint density at radius 3 is 2.35 bits per heavy atom. The number of amides is 1. The molecule has 2 aromatic heterocycles. The van der Waals surface area contributed by atoms with Gasteiger partial charge in [-0.2, -0.15) is 0 Å². The van der Waals surface area contributed by atoms with Gasteiger partial charge in [0.25, 0.3) is 5.91 Å². The summed E-state index contributed by atoms with van der Waals surface area (Å²) in [7, 11) is 0. The van der Waals surface area contributed by atoms with Crippen LogP contribution < -0.4 is 5.32 Å². The van der Waals surface area contributed by atoms with Gasteiger partial charge in [0.2, 0.25) is 0 Å². The van der Waals surface area contributed by atoms with Crippen LogP contribution in [0.1, 0.15) is 52.4 Å². The third kappa shape index (κ3) is 3.83. The molecule has 0 saturated carbocycles. The zero-order valence-corrected chi connectivity index (χ0v) is 15.2. The average Bonchev–Trinajstić information content (AvgIpc) is 3.31. The van der Waals surface area contributed by atoms with E-state index in [2.05, 4.69) is 19.2 Å². The van der Waals surface area contributed by atoms with Gasteiger partial charge in [0.1, 0.15) is 4.92 Å². The number of thiophene rings is 1. The number of nitrogens with zero attached hydrogens (tertiary/aromatic N) is 1. The van der Waals surface area contributed by atoms with Crippen molar-refractivity contribution in [1.29, 1.82) is 0 Å². The maximum atomic E-state index is 12.5. The Bertz CT molecular complexity index is 898. The van der Waals surface area contributed by atoms with Crippen LogP contribution in [0, 0.1) is 10.1 Å². The first-order valence-electron chi connectivity index (χ1n) is 8.14. The van der Waals surface area contributed by atoms with Gasteiger partial charge < -0.3 is 9.73 Å². The van der Waals surface area contributed by atoms with Crippen LogP contribution >= 0.6 is 11.3 Å². The number of rotatable bonds is 6. The molecule has 3 rings (SSSR count). The van der Waals surface area contributed by atoms with Crippen LogP contribution in [-0.4, -0.2) is 10.8 Å². The van der Waals surface area contributed by atoms with Crippen molar-refractivity contribution in [2.75, 3.05) is 0 Å². The lowest BCUT2D eigenvalue weighted by Crippen LogP contribution is -2.28. The average molecular weight is 370 g/mol. The minimum Gasteiger partial charge on any atom is -0.395 e. The van der Waals surface area contributed by atoms with Crippen LogP contribution in [0.5, 0.6) is 0 Å². The van der Waals surface area contributed by atoms with E-state index in [0.29, 0.717) is 5.92 Å². The molecule has 1 aromatic carbocycles. The Morgan fingerprint density at radius 1 is 1.12 bits per heavy atom. The van der Waals surface area contributed by atoms with Crippen LogP contribution in [0.25, 0.3) is 0 Å². The predicted molar refractivity (Wildman–Crippen MR) is 99.5 cm³/mol. The summed E-state index contributed by atoms with van der Waals surface area (Å²) < 4.78 is 5.00. The minimum atomic E-state index is -0.668. The predicted octanol–water partition coefficient (Wildman–Crippen LogP) is 4.89. The second-order valence-electron chi connectivity index (χ2n) is 6.14. The molecule has 1 atom stereocenters. The van der Waals surface area contributed by atoms with Crippen LogP contribution in [-0.2, 0) is 0 Å². The van der Waals surface area contributed by atoms with Crippen LogP contribution in [0.3, 0.4) is 0 Å². The molecule has 0 aliphatic heterocycles. The molecule has 0 fully saturated rings. The summed E-state index contributed by atoms with van der Waals surface area (Å²) in [6.45, 7) is 4.24. The zero-order valence-electron chi connectivity index (χ0n) is 14.3. The summed E-state index contributed by atoms with van der Waals surface area (Å²) in [5.74, 6) is -0.618. The Labute approximate surface area is 154 Å². The summed E-state index contributed by atoms with van der Waals surface area (Å²) in [6, 6.07) is 14.1. The van der Waals surface area contributed by atoms with E-state index in [0.717, 1.165) is 10.4 Å². The van der Waals surface area contributed by atoms with Crippen LogP contribution in [0.2, 0.25) is 0 Å². The van der Waals surface area contributed by atoms with E-state index in [4.69, 9.17) is 4.42 Å². The number of hydrogen-bond donors (Lipinski definition) is 1. The van der Waals surface area contributed by atoms with Crippen molar-refractivity contribution in [3.8, 4) is 0 Å². The highest BCUT2D eigenvalue weighted by molar-refractivity contribution is 7.10. The molecular formula is C19H18N2O4S. The molecule has 0 aliphatic carbocycles. The van der Waals surface area contributed by atoms with Crippen molar-refractivity contribution in [2.24, 2.45) is 0 Å². The van der Waals surface area contributed by atoms with Gasteiger partial charge in [0.05, 0.1) is 12.1 Å². The third-order valence-corrected chi connectivity index (χ3v) is 4.97. The fraction of sp³-hybridized carbons (Fsp3) is 0.211. The third-order valence-electron chi connectivity index (χ3n) is 4.04. The quantitative estimate of drug-likeness (QED) is 0.494. The monoisotopic (exact) mass is 370 g/mol. The highest BCUT2D eigenvalue weighted by Crippen LogP contribution is 2.28. The van der Waals surface area contributed by atoms with E-state index >= 15 is 0 Å². The van der Waals surface area contributed by atoms with E-state index in [9.17, 15) is 14.9 Å². The highest BCUT2D eigenvalue weighted by atomic mass is 32.1. The number of nitrogens with one attached hydrogen (secondary N) is 1. The van der Waals surface area contributed by atoms with Crippen molar-refractivity contribution < 1.29 is 14.1 Å². The molecule has 1 unspecified atom stereocenters. The molecule has 0 aliphatic rings. The van der Waals surface area contributed by atoms with Gasteiger partial charge in [-0.05, 0) is 34.6 Å². The smallest absolute Gasteiger partial charge is 0.395 e. The van der Waals surface area contributed by atoms with E-state index in [1.807, 2.05) is 41.8 Å². The first-order valence-corrected chi connectivity index (χ1v) is 9.02. The molecule has 0 bridgehead atoms. The summed E-state index contributed by atoms with van der Waals surface area (Å²) >= 11 is 1.53. The normalized spacial score (nSPS) is 12.1. The van der Waals surface area contributed by atoms with Crippen LogP contribution in [0.4, 0.5) is 5.88 Å². The second-order valence-corrected chi connectivity index (χ2v) is 7.12. The molecule has 2 heterocycles. The maximum absolute atomic E-state index is 12.5. The summed E-state index contributed by atoms with van der Waals surface area (Å²) in [5, 5.41) is 15.6. The van der Waals surface area contributed by atoms with Crippen molar-refractivity contribution in [3.05, 3.63) is 85.8 Å². The molecule has 6 nitrogen and oxygen atoms in total. The van der Waals surface area contributed by atoms with E-state index in [1.165, 1.54) is 29.0 Å². The molecule has 0 radical (unpaired) electrons. The number of hydrogen-bond acceptors (Lipinski definition) is 5. The van der Waals surface area contributed by atoms with Gasteiger partial charge in [0, 0.05) is 4.88 Å². The number of carbonyl (C=O) groups is 1. The topological polar surface area (TPSA) is 85.4 Å². The van der Waals surface area contributed by atoms with Crippen LogP contribution in [0.15, 0.2) is 58.3 Å². The molecule has 1 amide bonds. The first kappa shape index (κ1) is 17.9. The molecular weight excluding hydrogens is 352 g/mol. The number of furan rings is 1. The molecule has 7 heteroatoms. The van der Waals surface area contributed by atoms with Gasteiger partial charge in [0.15, 0.2) is 5.76 Å². The highest BCUT2D eigenvalue weighted by Gasteiger charge is 2.23. The maximum Gasteiger partial charge on any atom is 0.433 e. The summed E-state index contributed by atoms with van der Waals surface area (Å²) in [4.78, 5) is 23.5. The fourth-order valence-corrected chi connectivity index (χ4v) is 3.40. The number of carbonyl (C=O) groups excluding carboxylic acids is 1. The molecule has 1 N–H and O–H groups in total. The van der Waals surface area contributed by atoms with Crippen molar-refractivity contribution in [3.63, 3.8) is 0 Å².